The fraction of sp³-hybridized carbons (Fsp3) is 0.562. The second-order valence-corrected chi connectivity index (χ2v) is 5.39. The second kappa shape index (κ2) is 8.72. The Morgan fingerprint density at radius 2 is 1.85 bits per heavy atom. The number of nitrogens with one attached hydrogen (secondary N) is 1. The van der Waals surface area contributed by atoms with Crippen LogP contribution in [0.3, 0.4) is 0 Å². The van der Waals surface area contributed by atoms with Gasteiger partial charge in [0, 0.05) is 19.2 Å². The van der Waals surface area contributed by atoms with Gasteiger partial charge in [-0.25, -0.2) is 0 Å². The predicted octanol–water partition coefficient (Wildman–Crippen LogP) is 1.47. The molecule has 0 fully saturated rings. The normalized spacial score (nSPS) is 10.8. The zero-order chi connectivity index (χ0) is 15.0. The van der Waals surface area contributed by atoms with Crippen LogP contribution in [0.15, 0.2) is 24.3 Å². The standard InChI is InChI=1S/C16H27N3O/c1-17-11-10-14-8-5-6-9-15(14)16(20)19(4)13-7-12-18(2)3/h5-6,8-9,17H,7,10-13H2,1-4H3. The molecule has 4 nitrogen and oxygen atoms in total. The van der Waals surface area contributed by atoms with Crippen molar-refractivity contribution < 1.29 is 4.79 Å². The van der Waals surface area contributed by atoms with Gasteiger partial charge in [-0.1, -0.05) is 18.2 Å². The minimum absolute atomic E-state index is 0.121. The van der Waals surface area contributed by atoms with Crippen LogP contribution in [-0.2, 0) is 6.42 Å². The summed E-state index contributed by atoms with van der Waals surface area (Å²) in [6, 6.07) is 7.89. The lowest BCUT2D eigenvalue weighted by Gasteiger charge is -2.20. The number of carbonyl (C=O) groups is 1. The molecule has 1 amide bonds. The van der Waals surface area contributed by atoms with Crippen molar-refractivity contribution in [3.05, 3.63) is 35.4 Å². The third-order valence-electron chi connectivity index (χ3n) is 3.34. The molecule has 112 valence electrons. The summed E-state index contributed by atoms with van der Waals surface area (Å²) in [5.74, 6) is 0.121. The highest BCUT2D eigenvalue weighted by Crippen LogP contribution is 2.12. The first-order valence-electron chi connectivity index (χ1n) is 7.19. The molecule has 0 saturated carbocycles. The summed E-state index contributed by atoms with van der Waals surface area (Å²) < 4.78 is 0. The molecule has 0 unspecified atom stereocenters. The molecule has 1 N–H and O–H groups in total. The van der Waals surface area contributed by atoms with Crippen molar-refractivity contribution in [1.29, 1.82) is 0 Å². The van der Waals surface area contributed by atoms with Crippen molar-refractivity contribution in [1.82, 2.24) is 15.1 Å². The molecule has 1 rings (SSSR count). The smallest absolute Gasteiger partial charge is 0.253 e. The van der Waals surface area contributed by atoms with Crippen molar-refractivity contribution in [2.75, 3.05) is 47.8 Å². The molecule has 4 heteroatoms. The lowest BCUT2D eigenvalue weighted by atomic mass is 10.0. The number of hydrogen-bond acceptors (Lipinski definition) is 3. The summed E-state index contributed by atoms with van der Waals surface area (Å²) in [4.78, 5) is 16.5. The average Bonchev–Trinajstić information content (AvgIpc) is 2.44. The topological polar surface area (TPSA) is 35.6 Å². The third-order valence-corrected chi connectivity index (χ3v) is 3.34. The number of rotatable bonds is 8. The maximum absolute atomic E-state index is 12.5. The highest BCUT2D eigenvalue weighted by molar-refractivity contribution is 5.95. The van der Waals surface area contributed by atoms with E-state index in [0.717, 1.165) is 43.6 Å². The van der Waals surface area contributed by atoms with E-state index < -0.39 is 0 Å². The number of benzene rings is 1. The summed E-state index contributed by atoms with van der Waals surface area (Å²) in [6.45, 7) is 2.67. The Bertz CT molecular complexity index is 418. The molecule has 0 heterocycles. The fourth-order valence-electron chi connectivity index (χ4n) is 2.14. The van der Waals surface area contributed by atoms with Gasteiger partial charge in [-0.3, -0.25) is 4.79 Å². The molecule has 0 radical (unpaired) electrons. The molecule has 0 aliphatic rings. The molecule has 0 saturated heterocycles. The van der Waals surface area contributed by atoms with Gasteiger partial charge in [-0.2, -0.15) is 0 Å². The van der Waals surface area contributed by atoms with Crippen molar-refractivity contribution in [2.24, 2.45) is 0 Å². The van der Waals surface area contributed by atoms with Crippen LogP contribution in [0.2, 0.25) is 0 Å². The van der Waals surface area contributed by atoms with Gasteiger partial charge >= 0.3 is 0 Å². The van der Waals surface area contributed by atoms with E-state index in [1.165, 1.54) is 0 Å². The SMILES string of the molecule is CNCCc1ccccc1C(=O)N(C)CCCN(C)C. The van der Waals surface area contributed by atoms with E-state index in [9.17, 15) is 4.79 Å². The molecule has 1 aromatic carbocycles. The number of nitrogens with zero attached hydrogens (tertiary/aromatic N) is 2. The Labute approximate surface area is 122 Å². The first-order valence-corrected chi connectivity index (χ1v) is 7.19. The lowest BCUT2D eigenvalue weighted by molar-refractivity contribution is 0.0789. The van der Waals surface area contributed by atoms with Gasteiger partial charge in [0.25, 0.3) is 5.91 Å². The number of hydrogen-bond donors (Lipinski definition) is 1. The van der Waals surface area contributed by atoms with Crippen LogP contribution >= 0.6 is 0 Å². The molecule has 0 bridgehead atoms. The Kier molecular flexibility index (Phi) is 7.26. The van der Waals surface area contributed by atoms with E-state index in [-0.39, 0.29) is 5.91 Å². The molecule has 0 aromatic heterocycles. The molecule has 0 atom stereocenters. The molecular weight excluding hydrogens is 250 g/mol. The summed E-state index contributed by atoms with van der Waals surface area (Å²) in [5.41, 5.74) is 1.95. The van der Waals surface area contributed by atoms with Gasteiger partial charge in [0.1, 0.15) is 0 Å². The first kappa shape index (κ1) is 16.7. The van der Waals surface area contributed by atoms with Crippen molar-refractivity contribution >= 4 is 5.91 Å². The molecule has 1 aromatic rings. The summed E-state index contributed by atoms with van der Waals surface area (Å²) in [5, 5.41) is 3.13. The molecule has 0 aliphatic carbocycles. The summed E-state index contributed by atoms with van der Waals surface area (Å²) in [7, 11) is 7.91. The van der Waals surface area contributed by atoms with E-state index in [1.54, 1.807) is 0 Å². The van der Waals surface area contributed by atoms with E-state index in [4.69, 9.17) is 0 Å². The summed E-state index contributed by atoms with van der Waals surface area (Å²) >= 11 is 0. The Balaban J connectivity index is 2.65. The Morgan fingerprint density at radius 1 is 1.15 bits per heavy atom. The van der Waals surface area contributed by atoms with Gasteiger partial charge in [0.2, 0.25) is 0 Å². The van der Waals surface area contributed by atoms with Crippen LogP contribution in [0.1, 0.15) is 22.3 Å². The van der Waals surface area contributed by atoms with Gasteiger partial charge < -0.3 is 15.1 Å². The molecule has 0 aliphatic heterocycles. The van der Waals surface area contributed by atoms with Crippen molar-refractivity contribution in [2.45, 2.75) is 12.8 Å². The molecule has 0 spiro atoms. The number of carbonyl (C=O) groups excluding carboxylic acids is 1. The largest absolute Gasteiger partial charge is 0.342 e. The van der Waals surface area contributed by atoms with Crippen LogP contribution in [0, 0.1) is 0 Å². The predicted molar refractivity (Wildman–Crippen MR) is 84.2 cm³/mol. The molecule has 20 heavy (non-hydrogen) atoms. The maximum Gasteiger partial charge on any atom is 0.253 e. The van der Waals surface area contributed by atoms with Gasteiger partial charge in [0.15, 0.2) is 0 Å². The first-order chi connectivity index (χ1) is 9.56. The van der Waals surface area contributed by atoms with E-state index in [2.05, 4.69) is 24.3 Å². The highest BCUT2D eigenvalue weighted by Gasteiger charge is 2.14. The third kappa shape index (κ3) is 5.31. The van der Waals surface area contributed by atoms with Crippen molar-refractivity contribution in [3.8, 4) is 0 Å². The van der Waals surface area contributed by atoms with Gasteiger partial charge in [0.05, 0.1) is 0 Å². The maximum atomic E-state index is 12.5. The average molecular weight is 277 g/mol. The van der Waals surface area contributed by atoms with Gasteiger partial charge in [-0.05, 0) is 58.7 Å². The number of likely N-dealkylation sites (N-methyl/N-ethyl adjacent to an activating group) is 1. The quantitative estimate of drug-likeness (QED) is 0.781. The van der Waals surface area contributed by atoms with Crippen LogP contribution in [0.25, 0.3) is 0 Å². The Hall–Kier alpha value is -1.39. The van der Waals surface area contributed by atoms with Crippen LogP contribution < -0.4 is 5.32 Å². The van der Waals surface area contributed by atoms with E-state index in [0.29, 0.717) is 0 Å². The van der Waals surface area contributed by atoms with Gasteiger partial charge in [-0.15, -0.1) is 0 Å². The van der Waals surface area contributed by atoms with Crippen LogP contribution in [0.4, 0.5) is 0 Å². The van der Waals surface area contributed by atoms with Crippen LogP contribution in [-0.4, -0.2) is 63.5 Å². The van der Waals surface area contributed by atoms with Crippen molar-refractivity contribution in [3.63, 3.8) is 0 Å². The fourth-order valence-corrected chi connectivity index (χ4v) is 2.14. The number of amides is 1. The van der Waals surface area contributed by atoms with E-state index in [1.807, 2.05) is 43.3 Å². The minimum atomic E-state index is 0.121. The Morgan fingerprint density at radius 3 is 2.50 bits per heavy atom. The lowest BCUT2D eigenvalue weighted by Crippen LogP contribution is -2.30. The summed E-state index contributed by atoms with van der Waals surface area (Å²) in [6.07, 6.45) is 1.87. The zero-order valence-corrected chi connectivity index (χ0v) is 13.1. The molecular formula is C16H27N3O. The van der Waals surface area contributed by atoms with Crippen LogP contribution in [0.5, 0.6) is 0 Å². The highest BCUT2D eigenvalue weighted by atomic mass is 16.2. The monoisotopic (exact) mass is 277 g/mol. The zero-order valence-electron chi connectivity index (χ0n) is 13.1. The minimum Gasteiger partial charge on any atom is -0.342 e. The van der Waals surface area contributed by atoms with E-state index >= 15 is 0 Å². The second-order valence-electron chi connectivity index (χ2n) is 5.39.